The van der Waals surface area contributed by atoms with Crippen molar-refractivity contribution < 1.29 is 18.0 Å². The number of nitrogens with zero attached hydrogens (tertiary/aromatic N) is 5. The number of likely N-dealkylation sites (tertiary alicyclic amines) is 1. The van der Waals surface area contributed by atoms with E-state index in [2.05, 4.69) is 30.9 Å². The summed E-state index contributed by atoms with van der Waals surface area (Å²) < 4.78 is 27.6. The number of amides is 3. The number of aryl methyl sites for hydroxylation is 1. The summed E-state index contributed by atoms with van der Waals surface area (Å²) in [4.78, 5) is 39.4. The van der Waals surface area contributed by atoms with Crippen LogP contribution in [0.3, 0.4) is 0 Å². The van der Waals surface area contributed by atoms with Crippen LogP contribution in [0, 0.1) is 6.92 Å². The zero-order valence-electron chi connectivity index (χ0n) is 23.5. The monoisotopic (exact) mass is 636 g/mol. The van der Waals surface area contributed by atoms with Gasteiger partial charge in [0.15, 0.2) is 28.4 Å². The summed E-state index contributed by atoms with van der Waals surface area (Å²) in [5.74, 6) is -0.700. The Morgan fingerprint density at radius 3 is 2.50 bits per heavy atom. The first-order valence-corrected chi connectivity index (χ1v) is 15.5. The van der Waals surface area contributed by atoms with Crippen molar-refractivity contribution in [2.24, 2.45) is 4.99 Å². The van der Waals surface area contributed by atoms with Gasteiger partial charge in [0.1, 0.15) is 0 Å². The summed E-state index contributed by atoms with van der Waals surface area (Å²) in [6.07, 6.45) is 2.72. The summed E-state index contributed by atoms with van der Waals surface area (Å²) in [6.45, 7) is 3.33. The van der Waals surface area contributed by atoms with Crippen LogP contribution in [0.1, 0.15) is 28.9 Å². The predicted octanol–water partition coefficient (Wildman–Crippen LogP) is 2.55. The van der Waals surface area contributed by atoms with Gasteiger partial charge >= 0.3 is 11.9 Å². The van der Waals surface area contributed by atoms with E-state index in [1.807, 2.05) is 6.92 Å². The summed E-state index contributed by atoms with van der Waals surface area (Å²) in [6, 6.07) is 13.2. The number of nitrogens with one attached hydrogen (secondary N) is 3. The van der Waals surface area contributed by atoms with Crippen LogP contribution in [0.5, 0.6) is 0 Å². The molecule has 4 aromatic rings. The van der Waals surface area contributed by atoms with E-state index < -0.39 is 21.5 Å². The smallest absolute Gasteiger partial charge is 0.321 e. The number of carbonyl (C=O) groups is 2. The minimum absolute atomic E-state index is 0.0794. The van der Waals surface area contributed by atoms with Crippen LogP contribution in [0.2, 0.25) is 5.15 Å². The zero-order chi connectivity index (χ0) is 31.2. The van der Waals surface area contributed by atoms with Crippen molar-refractivity contribution >= 4 is 67.7 Å². The van der Waals surface area contributed by atoms with E-state index >= 15 is 0 Å². The van der Waals surface area contributed by atoms with E-state index in [0.29, 0.717) is 49.1 Å². The lowest BCUT2D eigenvalue weighted by atomic mass is 9.89. The molecule has 14 nitrogen and oxygen atoms in total. The Morgan fingerprint density at radius 1 is 1.05 bits per heavy atom. The quantitative estimate of drug-likeness (QED) is 0.221. The van der Waals surface area contributed by atoms with Crippen LogP contribution < -0.4 is 27.4 Å². The second kappa shape index (κ2) is 11.0. The average Bonchev–Trinajstić information content (AvgIpc) is 3.59. The first-order chi connectivity index (χ1) is 20.9. The van der Waals surface area contributed by atoms with Gasteiger partial charge in [-0.3, -0.25) is 4.79 Å². The molecular formula is C28H29ClN10O4S. The van der Waals surface area contributed by atoms with Gasteiger partial charge in [-0.15, -0.1) is 0 Å². The normalized spacial score (nSPS) is 17.0. The number of carbonyl (C=O) groups excluding carboxylic acids is 2. The lowest BCUT2D eigenvalue weighted by Crippen LogP contribution is -2.54. The number of hydrogen-bond donors (Lipinski definition) is 5. The molecule has 44 heavy (non-hydrogen) atoms. The highest BCUT2D eigenvalue weighted by atomic mass is 35.5. The number of rotatable bonds is 4. The molecule has 0 saturated carbocycles. The largest absolute Gasteiger partial charge is 0.382 e. The molecule has 3 amide bonds. The Labute approximate surface area is 257 Å². The van der Waals surface area contributed by atoms with Gasteiger partial charge in [0.05, 0.1) is 16.0 Å². The van der Waals surface area contributed by atoms with Gasteiger partial charge in [0, 0.05) is 36.9 Å². The Morgan fingerprint density at radius 2 is 1.77 bits per heavy atom. The van der Waals surface area contributed by atoms with E-state index in [1.165, 1.54) is 10.2 Å². The minimum atomic E-state index is -3.77. The molecular weight excluding hydrogens is 608 g/mol. The number of piperidine rings is 1. The number of aliphatic imine (C=N–C) groups is 1. The number of aromatic nitrogens is 3. The van der Waals surface area contributed by atoms with Crippen LogP contribution in [0.4, 0.5) is 22.1 Å². The number of nitrogens with two attached hydrogens (primary N) is 2. The van der Waals surface area contributed by atoms with Gasteiger partial charge in [0.25, 0.3) is 10.0 Å². The van der Waals surface area contributed by atoms with Crippen LogP contribution in [-0.2, 0) is 10.0 Å². The molecule has 2 fully saturated rings. The fourth-order valence-electron chi connectivity index (χ4n) is 5.28. The molecule has 1 spiro atoms. The first-order valence-electron chi connectivity index (χ1n) is 13.7. The van der Waals surface area contributed by atoms with E-state index in [1.54, 1.807) is 53.4 Å². The lowest BCUT2D eigenvalue weighted by molar-refractivity contribution is 0.0998. The number of anilines is 3. The van der Waals surface area contributed by atoms with Gasteiger partial charge in [-0.05, 0) is 56.2 Å². The summed E-state index contributed by atoms with van der Waals surface area (Å²) in [5, 5.41) is 9.82. The summed E-state index contributed by atoms with van der Waals surface area (Å²) >= 11 is 5.88. The van der Waals surface area contributed by atoms with Gasteiger partial charge in [-0.25, -0.2) is 27.2 Å². The molecule has 0 atom stereocenters. The lowest BCUT2D eigenvalue weighted by Gasteiger charge is -2.38. The van der Waals surface area contributed by atoms with Crippen LogP contribution >= 0.6 is 11.6 Å². The molecule has 0 radical (unpaired) electrons. The molecule has 2 saturated heterocycles. The number of guanidine groups is 1. The van der Waals surface area contributed by atoms with Crippen molar-refractivity contribution in [2.75, 3.05) is 36.4 Å². The van der Waals surface area contributed by atoms with Crippen LogP contribution in [0.15, 0.2) is 64.6 Å². The highest BCUT2D eigenvalue weighted by Crippen LogP contribution is 2.28. The van der Waals surface area contributed by atoms with Crippen molar-refractivity contribution in [1.29, 1.82) is 0 Å². The molecule has 4 heterocycles. The van der Waals surface area contributed by atoms with E-state index in [-0.39, 0.29) is 39.4 Å². The maximum absolute atomic E-state index is 13.2. The predicted molar refractivity (Wildman–Crippen MR) is 167 cm³/mol. The van der Waals surface area contributed by atoms with Gasteiger partial charge in [-0.2, -0.15) is 4.99 Å². The zero-order valence-corrected chi connectivity index (χ0v) is 25.1. The number of nitrogen functional groups attached to an aromatic ring is 2. The fourth-order valence-corrected chi connectivity index (χ4v) is 6.76. The van der Waals surface area contributed by atoms with Crippen LogP contribution in [0.25, 0.3) is 10.9 Å². The highest BCUT2D eigenvalue weighted by Gasteiger charge is 2.41. The molecule has 0 bridgehead atoms. The number of fused-ring (bicyclic) bond motifs is 1. The Bertz CT molecular complexity index is 1930. The summed E-state index contributed by atoms with van der Waals surface area (Å²) in [5.41, 5.74) is 12.8. The first kappa shape index (κ1) is 29.2. The SMILES string of the molecule is Cc1ccc(S(=O)(=O)n2ccc3cc(NC(=O)N4CCC5(CC4)CN/C(=N\C(=O)c4nc(Cl)c(N)nc4N)N5)ccc32)cc1. The van der Waals surface area contributed by atoms with Crippen molar-refractivity contribution in [1.82, 2.24) is 29.5 Å². The maximum atomic E-state index is 13.2. The molecule has 2 aliphatic rings. The van der Waals surface area contributed by atoms with E-state index in [9.17, 15) is 18.0 Å². The second-order valence-corrected chi connectivity index (χ2v) is 13.0. The van der Waals surface area contributed by atoms with Crippen molar-refractivity contribution in [2.45, 2.75) is 30.2 Å². The number of benzene rings is 2. The minimum Gasteiger partial charge on any atom is -0.382 e. The number of halogens is 1. The Kier molecular flexibility index (Phi) is 7.29. The molecule has 0 aliphatic carbocycles. The van der Waals surface area contributed by atoms with E-state index in [4.69, 9.17) is 23.1 Å². The fraction of sp³-hybridized carbons (Fsp3) is 0.250. The standard InChI is InChI=1S/C28H29ClN10O4S/c1-16-2-5-19(6-3-16)44(42,43)39-11-8-17-14-18(4-7-20(17)39)33-27(41)38-12-9-28(10-13-38)15-32-26(37-28)36-25(40)21-23(30)35-24(31)22(29)34-21/h2-8,11,14H,9-10,12-13,15H2,1H3,(H,33,41)(H4,30,31,35)(H2,32,36,37,40). The van der Waals surface area contributed by atoms with Crippen LogP contribution in [-0.4, -0.2) is 70.3 Å². The molecule has 2 aromatic carbocycles. The molecule has 6 rings (SSSR count). The third kappa shape index (κ3) is 5.46. The van der Waals surface area contributed by atoms with Crippen molar-refractivity contribution in [3.05, 3.63) is 71.1 Å². The average molecular weight is 637 g/mol. The van der Waals surface area contributed by atoms with Crippen molar-refractivity contribution in [3.8, 4) is 0 Å². The van der Waals surface area contributed by atoms with E-state index in [0.717, 1.165) is 5.56 Å². The molecule has 2 aromatic heterocycles. The maximum Gasteiger partial charge on any atom is 0.321 e. The molecule has 2 aliphatic heterocycles. The van der Waals surface area contributed by atoms with Gasteiger partial charge in [-0.1, -0.05) is 29.3 Å². The third-order valence-corrected chi connectivity index (χ3v) is 9.77. The number of hydrogen-bond acceptors (Lipinski definition) is 8. The Hall–Kier alpha value is -4.89. The molecule has 228 valence electrons. The topological polar surface area (TPSA) is 203 Å². The third-order valence-electron chi connectivity index (χ3n) is 7.79. The molecule has 0 unspecified atom stereocenters. The highest BCUT2D eigenvalue weighted by molar-refractivity contribution is 7.90. The van der Waals surface area contributed by atoms with Crippen molar-refractivity contribution in [3.63, 3.8) is 0 Å². The van der Waals surface area contributed by atoms with Gasteiger partial charge < -0.3 is 32.3 Å². The molecule has 16 heteroatoms. The number of urea groups is 1. The molecule has 7 N–H and O–H groups in total. The second-order valence-electron chi connectivity index (χ2n) is 10.8. The summed E-state index contributed by atoms with van der Waals surface area (Å²) in [7, 11) is -3.77. The Balaban J connectivity index is 1.08. The van der Waals surface area contributed by atoms with Gasteiger partial charge in [0.2, 0.25) is 0 Å².